The Hall–Kier alpha value is -1.43. The van der Waals surface area contributed by atoms with Gasteiger partial charge in [0, 0.05) is 25.6 Å². The number of ether oxygens (including phenoxy) is 1. The normalized spacial score (nSPS) is 23.0. The summed E-state index contributed by atoms with van der Waals surface area (Å²) < 4.78 is 7.65. The number of hydrogen-bond donors (Lipinski definition) is 1. The Balaban J connectivity index is 1.83. The smallest absolute Gasteiger partial charge is 0.251 e. The molecule has 6 heteroatoms. The summed E-state index contributed by atoms with van der Waals surface area (Å²) >= 11 is 0. The van der Waals surface area contributed by atoms with Crippen molar-refractivity contribution in [3.05, 3.63) is 12.2 Å². The lowest BCUT2D eigenvalue weighted by Crippen LogP contribution is -2.48. The van der Waals surface area contributed by atoms with Crippen molar-refractivity contribution in [1.29, 1.82) is 0 Å². The third kappa shape index (κ3) is 3.36. The molecule has 20 heavy (non-hydrogen) atoms. The van der Waals surface area contributed by atoms with Gasteiger partial charge >= 0.3 is 0 Å². The largest absolute Gasteiger partial charge is 0.365 e. The highest BCUT2D eigenvalue weighted by Crippen LogP contribution is 2.24. The van der Waals surface area contributed by atoms with Gasteiger partial charge < -0.3 is 14.6 Å². The first-order valence-corrected chi connectivity index (χ1v) is 7.33. The van der Waals surface area contributed by atoms with Gasteiger partial charge in [0.25, 0.3) is 5.91 Å². The van der Waals surface area contributed by atoms with Crippen LogP contribution in [-0.4, -0.2) is 39.4 Å². The highest BCUT2D eigenvalue weighted by atomic mass is 16.5. The molecule has 0 aliphatic carbocycles. The van der Waals surface area contributed by atoms with Crippen LogP contribution in [-0.2, 0) is 16.0 Å². The van der Waals surface area contributed by atoms with Gasteiger partial charge in [-0.1, -0.05) is 0 Å². The molecule has 1 unspecified atom stereocenters. The van der Waals surface area contributed by atoms with Gasteiger partial charge in [-0.3, -0.25) is 4.79 Å². The highest BCUT2D eigenvalue weighted by Gasteiger charge is 2.35. The number of nitrogens with one attached hydrogen (secondary N) is 1. The molecule has 1 N–H and O–H groups in total. The Morgan fingerprint density at radius 1 is 1.55 bits per heavy atom. The Labute approximate surface area is 119 Å². The lowest BCUT2D eigenvalue weighted by molar-refractivity contribution is -0.150. The summed E-state index contributed by atoms with van der Waals surface area (Å²) in [5.74, 6) is 0.878. The molecule has 1 atom stereocenters. The number of hydrogen-bond acceptors (Lipinski definition) is 4. The predicted octanol–water partition coefficient (Wildman–Crippen LogP) is 1.48. The highest BCUT2D eigenvalue weighted by molar-refractivity contribution is 5.84. The van der Waals surface area contributed by atoms with E-state index >= 15 is 0 Å². The number of aromatic nitrogens is 3. The summed E-state index contributed by atoms with van der Waals surface area (Å²) in [6, 6.07) is 0.329. The minimum absolute atomic E-state index is 0.0205. The quantitative estimate of drug-likeness (QED) is 0.887. The molecule has 1 aliphatic heterocycles. The van der Waals surface area contributed by atoms with Gasteiger partial charge in [0.1, 0.15) is 17.8 Å². The third-order valence-corrected chi connectivity index (χ3v) is 3.79. The maximum Gasteiger partial charge on any atom is 0.251 e. The molecule has 1 amide bonds. The average molecular weight is 280 g/mol. The Kier molecular flexibility index (Phi) is 4.75. The molecule has 2 rings (SSSR count). The van der Waals surface area contributed by atoms with Crippen LogP contribution >= 0.6 is 0 Å². The summed E-state index contributed by atoms with van der Waals surface area (Å²) in [5.41, 5.74) is -0.663. The van der Waals surface area contributed by atoms with Crippen LogP contribution in [0.15, 0.2) is 6.33 Å². The van der Waals surface area contributed by atoms with Crippen molar-refractivity contribution in [2.24, 2.45) is 0 Å². The van der Waals surface area contributed by atoms with Crippen LogP contribution in [0.5, 0.6) is 0 Å². The summed E-state index contributed by atoms with van der Waals surface area (Å²) in [4.78, 5) is 12.2. The number of rotatable bonds is 5. The van der Waals surface area contributed by atoms with Gasteiger partial charge in [-0.25, -0.2) is 0 Å². The van der Waals surface area contributed by atoms with E-state index in [0.29, 0.717) is 25.6 Å². The fourth-order valence-corrected chi connectivity index (χ4v) is 2.46. The van der Waals surface area contributed by atoms with E-state index in [2.05, 4.69) is 29.4 Å². The van der Waals surface area contributed by atoms with Crippen LogP contribution in [0.3, 0.4) is 0 Å². The molecule has 6 nitrogen and oxygen atoms in total. The maximum absolute atomic E-state index is 12.2. The Morgan fingerprint density at radius 3 is 3.00 bits per heavy atom. The van der Waals surface area contributed by atoms with Crippen LogP contribution < -0.4 is 5.32 Å². The van der Waals surface area contributed by atoms with Gasteiger partial charge in [0.05, 0.1) is 0 Å². The molecule has 1 aromatic heterocycles. The van der Waals surface area contributed by atoms with Crippen molar-refractivity contribution in [3.8, 4) is 0 Å². The van der Waals surface area contributed by atoms with Crippen molar-refractivity contribution >= 4 is 5.91 Å². The van der Waals surface area contributed by atoms with E-state index in [1.807, 2.05) is 11.5 Å². The molecule has 1 saturated heterocycles. The fourth-order valence-electron chi connectivity index (χ4n) is 2.46. The van der Waals surface area contributed by atoms with Crippen molar-refractivity contribution < 1.29 is 9.53 Å². The molecule has 2 heterocycles. The molecule has 112 valence electrons. The van der Waals surface area contributed by atoms with E-state index < -0.39 is 5.60 Å². The molecule has 0 bridgehead atoms. The Morgan fingerprint density at radius 2 is 2.35 bits per heavy atom. The first kappa shape index (κ1) is 15.0. The minimum Gasteiger partial charge on any atom is -0.365 e. The monoisotopic (exact) mass is 280 g/mol. The second kappa shape index (κ2) is 6.35. The molecule has 0 radical (unpaired) electrons. The van der Waals surface area contributed by atoms with Gasteiger partial charge in [0.2, 0.25) is 0 Å². The zero-order valence-corrected chi connectivity index (χ0v) is 12.6. The second-order valence-corrected chi connectivity index (χ2v) is 5.79. The SMILES string of the molecule is CC(C)n1cnnc1CCNC(=O)C1(C)CCCCO1. The average Bonchev–Trinajstić information content (AvgIpc) is 2.88. The predicted molar refractivity (Wildman–Crippen MR) is 75.3 cm³/mol. The fraction of sp³-hybridized carbons (Fsp3) is 0.786. The summed E-state index contributed by atoms with van der Waals surface area (Å²) in [6.07, 6.45) is 5.29. The van der Waals surface area contributed by atoms with Gasteiger partial charge in [0.15, 0.2) is 0 Å². The van der Waals surface area contributed by atoms with E-state index in [-0.39, 0.29) is 5.91 Å². The lowest BCUT2D eigenvalue weighted by atomic mass is 9.95. The molecular formula is C14H24N4O2. The van der Waals surface area contributed by atoms with Crippen LogP contribution in [0.25, 0.3) is 0 Å². The molecule has 0 saturated carbocycles. The van der Waals surface area contributed by atoms with Crippen LogP contribution in [0.2, 0.25) is 0 Å². The number of amides is 1. The minimum atomic E-state index is -0.663. The standard InChI is InChI=1S/C14H24N4O2/c1-11(2)18-10-16-17-12(18)6-8-15-13(19)14(3)7-4-5-9-20-14/h10-11H,4-9H2,1-3H3,(H,15,19). The second-order valence-electron chi connectivity index (χ2n) is 5.79. The summed E-state index contributed by atoms with van der Waals surface area (Å²) in [5, 5.41) is 11.0. The van der Waals surface area contributed by atoms with E-state index in [4.69, 9.17) is 4.74 Å². The van der Waals surface area contributed by atoms with Crippen LogP contribution in [0.1, 0.15) is 51.9 Å². The first-order valence-electron chi connectivity index (χ1n) is 7.33. The third-order valence-electron chi connectivity index (χ3n) is 3.79. The Bertz CT molecular complexity index is 450. The number of carbonyl (C=O) groups excluding carboxylic acids is 1. The zero-order valence-electron chi connectivity index (χ0n) is 12.6. The van der Waals surface area contributed by atoms with Crippen molar-refractivity contribution in [1.82, 2.24) is 20.1 Å². The number of nitrogens with zero attached hydrogens (tertiary/aromatic N) is 3. The lowest BCUT2D eigenvalue weighted by Gasteiger charge is -2.32. The first-order chi connectivity index (χ1) is 9.53. The van der Waals surface area contributed by atoms with Crippen LogP contribution in [0.4, 0.5) is 0 Å². The van der Waals surface area contributed by atoms with Gasteiger partial charge in [-0.2, -0.15) is 0 Å². The summed E-state index contributed by atoms with van der Waals surface area (Å²) in [7, 11) is 0. The molecule has 0 aromatic carbocycles. The van der Waals surface area contributed by atoms with E-state index in [1.54, 1.807) is 6.33 Å². The molecular weight excluding hydrogens is 256 g/mol. The summed E-state index contributed by atoms with van der Waals surface area (Å²) in [6.45, 7) is 7.28. The molecule has 0 spiro atoms. The number of carbonyl (C=O) groups is 1. The van der Waals surface area contributed by atoms with Crippen molar-refractivity contribution in [2.45, 2.75) is 58.1 Å². The van der Waals surface area contributed by atoms with Crippen molar-refractivity contribution in [3.63, 3.8) is 0 Å². The van der Waals surface area contributed by atoms with Crippen LogP contribution in [0, 0.1) is 0 Å². The molecule has 1 fully saturated rings. The van der Waals surface area contributed by atoms with E-state index in [1.165, 1.54) is 0 Å². The van der Waals surface area contributed by atoms with Crippen molar-refractivity contribution in [2.75, 3.05) is 13.2 Å². The zero-order chi connectivity index (χ0) is 14.6. The van der Waals surface area contributed by atoms with E-state index in [0.717, 1.165) is 25.1 Å². The van der Waals surface area contributed by atoms with Gasteiger partial charge in [-0.05, 0) is 40.0 Å². The molecule has 1 aliphatic rings. The van der Waals surface area contributed by atoms with E-state index in [9.17, 15) is 4.79 Å². The topological polar surface area (TPSA) is 69.0 Å². The van der Waals surface area contributed by atoms with Gasteiger partial charge in [-0.15, -0.1) is 10.2 Å². The maximum atomic E-state index is 12.2. The molecule has 1 aromatic rings.